The van der Waals surface area contributed by atoms with Gasteiger partial charge in [-0.2, -0.15) is 0 Å². The number of hydrogen-bond donors (Lipinski definition) is 1. The second-order valence-electron chi connectivity index (χ2n) is 7.66. The summed E-state index contributed by atoms with van der Waals surface area (Å²) >= 11 is 0. The highest BCUT2D eigenvalue weighted by Crippen LogP contribution is 2.47. The molecule has 24 heavy (non-hydrogen) atoms. The number of hydrogen-bond acceptors (Lipinski definition) is 2. The van der Waals surface area contributed by atoms with Crippen LogP contribution < -0.4 is 0 Å². The molecule has 1 aromatic rings. The number of nitrogens with zero attached hydrogens (tertiary/aromatic N) is 1. The van der Waals surface area contributed by atoms with E-state index in [1.165, 1.54) is 42.2 Å². The highest BCUT2D eigenvalue weighted by molar-refractivity contribution is 5.79. The third kappa shape index (κ3) is 3.12. The van der Waals surface area contributed by atoms with Gasteiger partial charge in [0.2, 0.25) is 0 Å². The predicted molar refractivity (Wildman–Crippen MR) is 103 cm³/mol. The Morgan fingerprint density at radius 3 is 2.46 bits per heavy atom. The van der Waals surface area contributed by atoms with Crippen LogP contribution in [0.3, 0.4) is 0 Å². The first-order valence-electron chi connectivity index (χ1n) is 9.15. The van der Waals surface area contributed by atoms with E-state index in [-0.39, 0.29) is 0 Å². The molecule has 1 aromatic carbocycles. The van der Waals surface area contributed by atoms with Crippen molar-refractivity contribution in [3.05, 3.63) is 58.2 Å². The number of allylic oxidation sites excluding steroid dienone is 4. The molecular weight excluding hydrogens is 292 g/mol. The van der Waals surface area contributed by atoms with Crippen LogP contribution in [0.25, 0.3) is 0 Å². The fourth-order valence-electron chi connectivity index (χ4n) is 4.61. The first-order valence-corrected chi connectivity index (χ1v) is 9.15. The smallest absolute Gasteiger partial charge is 0.0253 e. The molecule has 2 heteroatoms. The number of benzene rings is 1. The van der Waals surface area contributed by atoms with Gasteiger partial charge in [0.15, 0.2) is 0 Å². The summed E-state index contributed by atoms with van der Waals surface area (Å²) in [6.45, 7) is 4.54. The third-order valence-corrected chi connectivity index (χ3v) is 6.25. The second-order valence-corrected chi connectivity index (χ2v) is 7.66. The SMILES string of the molecule is CC1=CCC(C2CCC(N(C)C)CC2c2ccccc2C=N)=C1C. The molecule has 0 aliphatic heterocycles. The summed E-state index contributed by atoms with van der Waals surface area (Å²) in [5.41, 5.74) is 7.08. The Labute approximate surface area is 146 Å². The quantitative estimate of drug-likeness (QED) is 0.761. The average Bonchev–Trinajstić information content (AvgIpc) is 2.93. The summed E-state index contributed by atoms with van der Waals surface area (Å²) in [5, 5.41) is 7.83. The van der Waals surface area contributed by atoms with E-state index >= 15 is 0 Å². The summed E-state index contributed by atoms with van der Waals surface area (Å²) in [7, 11) is 4.41. The monoisotopic (exact) mass is 322 g/mol. The summed E-state index contributed by atoms with van der Waals surface area (Å²) in [5.74, 6) is 1.14. The minimum absolute atomic E-state index is 0.521. The zero-order valence-electron chi connectivity index (χ0n) is 15.5. The van der Waals surface area contributed by atoms with Crippen molar-refractivity contribution in [2.75, 3.05) is 14.1 Å². The summed E-state index contributed by atoms with van der Waals surface area (Å²) < 4.78 is 0. The first-order chi connectivity index (χ1) is 11.5. The predicted octanol–water partition coefficient (Wildman–Crippen LogP) is 5.16. The van der Waals surface area contributed by atoms with Gasteiger partial charge in [-0.15, -0.1) is 0 Å². The Bertz CT molecular complexity index is 681. The van der Waals surface area contributed by atoms with Gasteiger partial charge in [-0.1, -0.05) is 41.5 Å². The van der Waals surface area contributed by atoms with E-state index in [1.54, 1.807) is 5.57 Å². The minimum atomic E-state index is 0.521. The third-order valence-electron chi connectivity index (χ3n) is 6.25. The number of rotatable bonds is 4. The Hall–Kier alpha value is -1.67. The molecule has 128 valence electrons. The van der Waals surface area contributed by atoms with Crippen LogP contribution in [0.2, 0.25) is 0 Å². The highest BCUT2D eigenvalue weighted by atomic mass is 15.1. The molecular formula is C22H30N2. The minimum Gasteiger partial charge on any atom is -0.308 e. The number of nitrogens with one attached hydrogen (secondary N) is 1. The molecule has 3 unspecified atom stereocenters. The normalized spacial score (nSPS) is 27.5. The summed E-state index contributed by atoms with van der Waals surface area (Å²) in [6, 6.07) is 9.18. The second kappa shape index (κ2) is 7.06. The fourth-order valence-corrected chi connectivity index (χ4v) is 4.61. The van der Waals surface area contributed by atoms with Gasteiger partial charge < -0.3 is 10.3 Å². The van der Waals surface area contributed by atoms with Crippen LogP contribution >= 0.6 is 0 Å². The highest BCUT2D eigenvalue weighted by Gasteiger charge is 2.36. The Balaban J connectivity index is 2.00. The lowest BCUT2D eigenvalue weighted by Crippen LogP contribution is -2.37. The van der Waals surface area contributed by atoms with Crippen molar-refractivity contribution in [2.45, 2.75) is 51.5 Å². The lowest BCUT2D eigenvalue weighted by Gasteiger charge is -2.41. The van der Waals surface area contributed by atoms with Gasteiger partial charge in [0.1, 0.15) is 0 Å². The van der Waals surface area contributed by atoms with Crippen LogP contribution in [0.4, 0.5) is 0 Å². The maximum Gasteiger partial charge on any atom is 0.0253 e. The zero-order valence-corrected chi connectivity index (χ0v) is 15.5. The lowest BCUT2D eigenvalue weighted by atomic mass is 9.68. The van der Waals surface area contributed by atoms with E-state index in [9.17, 15) is 0 Å². The molecule has 1 N–H and O–H groups in total. The zero-order chi connectivity index (χ0) is 17.3. The van der Waals surface area contributed by atoms with Crippen LogP contribution in [0.5, 0.6) is 0 Å². The maximum absolute atomic E-state index is 7.83. The molecule has 0 heterocycles. The Morgan fingerprint density at radius 2 is 1.83 bits per heavy atom. The van der Waals surface area contributed by atoms with Crippen molar-refractivity contribution >= 4 is 6.21 Å². The van der Waals surface area contributed by atoms with Crippen molar-refractivity contribution in [2.24, 2.45) is 5.92 Å². The van der Waals surface area contributed by atoms with E-state index in [4.69, 9.17) is 5.41 Å². The van der Waals surface area contributed by atoms with Crippen LogP contribution in [0.1, 0.15) is 56.6 Å². The molecule has 0 bridgehead atoms. The molecule has 2 aliphatic carbocycles. The van der Waals surface area contributed by atoms with E-state index in [0.29, 0.717) is 17.9 Å². The van der Waals surface area contributed by atoms with Crippen molar-refractivity contribution in [1.82, 2.24) is 4.90 Å². The van der Waals surface area contributed by atoms with Gasteiger partial charge in [-0.3, -0.25) is 0 Å². The molecule has 2 nitrogen and oxygen atoms in total. The fraction of sp³-hybridized carbons (Fsp3) is 0.500. The van der Waals surface area contributed by atoms with Gasteiger partial charge in [0.05, 0.1) is 0 Å². The molecule has 0 amide bonds. The van der Waals surface area contributed by atoms with Crippen LogP contribution in [-0.4, -0.2) is 31.3 Å². The van der Waals surface area contributed by atoms with Crippen molar-refractivity contribution in [3.63, 3.8) is 0 Å². The largest absolute Gasteiger partial charge is 0.308 e. The lowest BCUT2D eigenvalue weighted by molar-refractivity contribution is 0.184. The van der Waals surface area contributed by atoms with Crippen molar-refractivity contribution in [3.8, 4) is 0 Å². The Kier molecular flexibility index (Phi) is 5.05. The van der Waals surface area contributed by atoms with Gasteiger partial charge in [0.25, 0.3) is 0 Å². The van der Waals surface area contributed by atoms with E-state index in [2.05, 4.69) is 63.2 Å². The molecule has 1 fully saturated rings. The van der Waals surface area contributed by atoms with Crippen molar-refractivity contribution < 1.29 is 0 Å². The van der Waals surface area contributed by atoms with Gasteiger partial charge in [0, 0.05) is 12.3 Å². The molecule has 2 aliphatic rings. The van der Waals surface area contributed by atoms with Crippen LogP contribution in [0, 0.1) is 11.3 Å². The molecule has 0 radical (unpaired) electrons. The molecule has 0 aromatic heterocycles. The standard InChI is InChI=1S/C22H30N2/c1-15-9-11-19(16(15)2)21-12-10-18(24(3)4)13-22(21)20-8-6-5-7-17(20)14-23/h5-9,14,18,21-23H,10-13H2,1-4H3. The Morgan fingerprint density at radius 1 is 1.08 bits per heavy atom. The molecule has 1 saturated carbocycles. The van der Waals surface area contributed by atoms with Crippen LogP contribution in [0.15, 0.2) is 47.1 Å². The van der Waals surface area contributed by atoms with E-state index < -0.39 is 0 Å². The molecule has 3 atom stereocenters. The summed E-state index contributed by atoms with van der Waals surface area (Å²) in [6.07, 6.45) is 8.77. The average molecular weight is 322 g/mol. The van der Waals surface area contributed by atoms with Gasteiger partial charge >= 0.3 is 0 Å². The first kappa shape index (κ1) is 17.2. The van der Waals surface area contributed by atoms with E-state index in [1.807, 2.05) is 0 Å². The van der Waals surface area contributed by atoms with Crippen LogP contribution in [-0.2, 0) is 0 Å². The molecule has 0 saturated heterocycles. The van der Waals surface area contributed by atoms with Gasteiger partial charge in [-0.25, -0.2) is 0 Å². The van der Waals surface area contributed by atoms with Crippen molar-refractivity contribution in [1.29, 1.82) is 5.41 Å². The summed E-state index contributed by atoms with van der Waals surface area (Å²) in [4.78, 5) is 2.38. The van der Waals surface area contributed by atoms with E-state index in [0.717, 1.165) is 12.0 Å². The molecule has 0 spiro atoms. The maximum atomic E-state index is 7.83. The molecule has 3 rings (SSSR count). The topological polar surface area (TPSA) is 27.1 Å². The van der Waals surface area contributed by atoms with Gasteiger partial charge in [-0.05, 0) is 82.2 Å².